The van der Waals surface area contributed by atoms with Crippen molar-refractivity contribution in [3.8, 4) is 11.1 Å². The molecule has 652 valence electrons. The fraction of sp³-hybridized carbons (Fsp3) is 0.300. The largest absolute Gasteiger partial charge is 0.465 e. The molecule has 3 unspecified atom stereocenters. The second-order valence-electron chi connectivity index (χ2n) is 24.1. The first kappa shape index (κ1) is 102. The summed E-state index contributed by atoms with van der Waals surface area (Å²) in [5.74, 6) is -1.41. The van der Waals surface area contributed by atoms with Crippen LogP contribution in [0.4, 0.5) is 20.6 Å². The van der Waals surface area contributed by atoms with Gasteiger partial charge in [-0.3, -0.25) is 34.1 Å². The predicted molar refractivity (Wildman–Crippen MR) is 474 cm³/mol. The Kier molecular flexibility index (Phi) is 50.0. The molecule has 0 fully saturated rings. The lowest BCUT2D eigenvalue weighted by molar-refractivity contribution is -0.756. The van der Waals surface area contributed by atoms with E-state index in [1.807, 2.05) is 66.7 Å². The average Bonchev–Trinajstić information content (AvgIpc) is 0.888. The molecule has 0 aliphatic rings. The second-order valence-corrected chi connectivity index (χ2v) is 35.7. The number of rotatable bonds is 49. The van der Waals surface area contributed by atoms with E-state index in [9.17, 15) is 83.2 Å². The number of carbonyl (C=O) groups is 8. The molecule has 3 atom stereocenters. The highest BCUT2D eigenvalue weighted by molar-refractivity contribution is 8.77. The van der Waals surface area contributed by atoms with Crippen molar-refractivity contribution in [1.82, 2.24) is 5.32 Å². The third-order valence-corrected chi connectivity index (χ3v) is 25.6. The molecule has 8 aromatic rings. The number of esters is 4. The molecule has 122 heavy (non-hydrogen) atoms. The molecule has 0 spiro atoms. The van der Waals surface area contributed by atoms with E-state index < -0.39 is 74.5 Å². The molecule has 0 bridgehead atoms. The number of imide groups is 1. The number of amides is 2. The molecule has 2 amide bonds. The Bertz CT molecular complexity index is 4670. The van der Waals surface area contributed by atoms with Crippen LogP contribution in [0.5, 0.6) is 0 Å². The maximum absolute atomic E-state index is 14.5. The summed E-state index contributed by atoms with van der Waals surface area (Å²) in [6, 6.07) is 57.7. The highest BCUT2D eigenvalue weighted by Gasteiger charge is 2.24. The molecule has 42 heteroatoms. The number of halogens is 3. The summed E-state index contributed by atoms with van der Waals surface area (Å²) in [5, 5.41) is 43.0. The Hall–Kier alpha value is -10.2. The number of nitrogens with one attached hydrogen (secondary N) is 2. The highest BCUT2D eigenvalue weighted by Crippen LogP contribution is 2.35. The van der Waals surface area contributed by atoms with Crippen molar-refractivity contribution in [2.75, 3.05) is 111 Å². The van der Waals surface area contributed by atoms with Crippen LogP contribution in [0.15, 0.2) is 200 Å². The van der Waals surface area contributed by atoms with Crippen LogP contribution in [0.25, 0.3) is 11.1 Å². The first-order valence-electron chi connectivity index (χ1n) is 36.4. The van der Waals surface area contributed by atoms with E-state index in [-0.39, 0.29) is 82.8 Å². The minimum Gasteiger partial charge on any atom is -0.465 e. The fourth-order valence-corrected chi connectivity index (χ4v) is 16.8. The summed E-state index contributed by atoms with van der Waals surface area (Å²) < 4.78 is 40.0. The second kappa shape index (κ2) is 59.6. The molecule has 8 rings (SSSR count). The topological polar surface area (TPSA) is 416 Å². The van der Waals surface area contributed by atoms with Crippen molar-refractivity contribution in [3.63, 3.8) is 0 Å². The van der Waals surface area contributed by atoms with Gasteiger partial charge >= 0.3 is 30.0 Å². The van der Waals surface area contributed by atoms with Gasteiger partial charge in [-0.2, -0.15) is 0 Å². The predicted octanol–water partition coefficient (Wildman–Crippen LogP) is 17.7. The van der Waals surface area contributed by atoms with Crippen molar-refractivity contribution in [2.45, 2.75) is 44.9 Å². The summed E-state index contributed by atoms with van der Waals surface area (Å²) in [5.41, 5.74) is 7.09. The van der Waals surface area contributed by atoms with E-state index >= 15 is 0 Å². The van der Waals surface area contributed by atoms with Gasteiger partial charge in [-0.15, -0.1) is 40.5 Å². The number of benzene rings is 8. The van der Waals surface area contributed by atoms with Gasteiger partial charge in [0.1, 0.15) is 58.7 Å². The molecule has 0 aliphatic heterocycles. The fourth-order valence-electron chi connectivity index (χ4n) is 9.69. The summed E-state index contributed by atoms with van der Waals surface area (Å²) in [6.45, 7) is 5.09. The van der Waals surface area contributed by atoms with E-state index in [1.165, 1.54) is 92.4 Å². The van der Waals surface area contributed by atoms with Crippen molar-refractivity contribution < 1.29 is 106 Å². The maximum atomic E-state index is 14.5. The normalized spacial score (nSPS) is 11.2. The van der Waals surface area contributed by atoms with Crippen LogP contribution >= 0.6 is 110 Å². The van der Waals surface area contributed by atoms with Crippen molar-refractivity contribution in [3.05, 3.63) is 301 Å². The van der Waals surface area contributed by atoms with Gasteiger partial charge in [0.2, 0.25) is 5.91 Å². The Morgan fingerprint density at radius 2 is 0.762 bits per heavy atom. The Morgan fingerprint density at radius 1 is 0.393 bits per heavy atom. The molecule has 0 heterocycles. The molecule has 31 nitrogen and oxygen atoms in total. The molecule has 0 radical (unpaired) electrons. The number of carbonyl (C=O) groups excluding carboxylic acids is 8. The molecule has 2 N–H and O–H groups in total. The number of alkyl carbamates (subject to hydrolysis) is 1. The van der Waals surface area contributed by atoms with Crippen LogP contribution in [-0.4, -0.2) is 173 Å². The molecule has 0 saturated carbocycles. The Balaban J connectivity index is 0.000000289. The van der Waals surface area contributed by atoms with Crippen LogP contribution in [-0.2, 0) is 73.4 Å². The van der Waals surface area contributed by atoms with E-state index in [0.29, 0.717) is 101 Å². The third kappa shape index (κ3) is 41.6. The van der Waals surface area contributed by atoms with Crippen molar-refractivity contribution >= 4 is 168 Å². The van der Waals surface area contributed by atoms with Gasteiger partial charge in [0, 0.05) is 79.5 Å². The molecule has 8 aromatic carbocycles. The summed E-state index contributed by atoms with van der Waals surface area (Å²) >= 11 is 12.4. The minimum absolute atomic E-state index is 0.0164. The van der Waals surface area contributed by atoms with E-state index in [2.05, 4.69) is 30.0 Å². The first-order valence-corrected chi connectivity index (χ1v) is 47.2. The van der Waals surface area contributed by atoms with Gasteiger partial charge < -0.3 is 48.4 Å². The van der Waals surface area contributed by atoms with E-state index in [0.717, 1.165) is 22.4 Å². The lowest BCUT2D eigenvalue weighted by atomic mass is 9.95. The number of para-hydroxylation sites is 2. The third-order valence-electron chi connectivity index (χ3n) is 15.6. The van der Waals surface area contributed by atoms with Gasteiger partial charge in [-0.05, 0) is 85.0 Å². The minimum atomic E-state index is -0.861. The zero-order valence-corrected chi connectivity index (χ0v) is 73.5. The van der Waals surface area contributed by atoms with Crippen LogP contribution in [0, 0.1) is 46.3 Å². The molecule has 0 aromatic heterocycles. The SMILES string of the molecule is CC(C(=O)NC(=O)OCCSSCCO[N+](=O)[O-])c1cccc(C(=O)c2ccccc2)c1.CC(C(=O)OCC(=O)OCCSSCCO[N+](=O)[O-])c1ccc(-c2ccccc2)c(F)c1.CC(C(=O)OCCSSCCO[N+](=O)[O-])c1cccc(C(=O)c2ccccc2)c1.O=C(Cc1ccccc1Nc1c(Cl)cccc1Cl)OCCSSCCO[N+](=O)[O-]. The molecule has 0 saturated heterocycles. The zero-order valence-electron chi connectivity index (χ0n) is 65.4. The first-order chi connectivity index (χ1) is 58.7. The van der Waals surface area contributed by atoms with Crippen LogP contribution in [0.3, 0.4) is 0 Å². The summed E-state index contributed by atoms with van der Waals surface area (Å²) in [4.78, 5) is 155. The van der Waals surface area contributed by atoms with Gasteiger partial charge in [-0.25, -0.2) is 14.0 Å². The van der Waals surface area contributed by atoms with E-state index in [1.54, 1.807) is 148 Å². The van der Waals surface area contributed by atoms with Crippen LogP contribution in [0.1, 0.15) is 92.6 Å². The lowest BCUT2D eigenvalue weighted by Gasteiger charge is -2.14. The van der Waals surface area contributed by atoms with Crippen molar-refractivity contribution in [2.24, 2.45) is 0 Å². The Morgan fingerprint density at radius 3 is 1.21 bits per heavy atom. The maximum Gasteiger partial charge on any atom is 0.413 e. The number of anilines is 2. The molecule has 0 aliphatic carbocycles. The molecular weight excluding hydrogens is 1790 g/mol. The number of hydrogen-bond donors (Lipinski definition) is 2. The smallest absolute Gasteiger partial charge is 0.413 e. The number of nitrogens with zero attached hydrogens (tertiary/aromatic N) is 4. The average molecular weight is 1880 g/mol. The van der Waals surface area contributed by atoms with Gasteiger partial charge in [0.05, 0.1) is 39.9 Å². The van der Waals surface area contributed by atoms with E-state index in [4.69, 9.17) is 46.9 Å². The number of ether oxygens (including phenoxy) is 5. The highest BCUT2D eigenvalue weighted by atomic mass is 35.5. The lowest BCUT2D eigenvalue weighted by Crippen LogP contribution is -2.34. The number of ketones is 2. The van der Waals surface area contributed by atoms with Gasteiger partial charge in [-0.1, -0.05) is 273 Å². The van der Waals surface area contributed by atoms with Crippen molar-refractivity contribution in [1.29, 1.82) is 0 Å². The summed E-state index contributed by atoms with van der Waals surface area (Å²) in [6.07, 6.45) is -0.764. The summed E-state index contributed by atoms with van der Waals surface area (Å²) in [7, 11) is 11.2. The van der Waals surface area contributed by atoms with Gasteiger partial charge in [0.25, 0.3) is 20.3 Å². The van der Waals surface area contributed by atoms with Crippen LogP contribution in [0.2, 0.25) is 10.0 Å². The Labute approximate surface area is 742 Å². The van der Waals surface area contributed by atoms with Crippen LogP contribution < -0.4 is 10.6 Å². The number of hydrogen-bond acceptors (Lipinski definition) is 34. The monoisotopic (exact) mass is 1870 g/mol. The van der Waals surface area contributed by atoms with Gasteiger partial charge in [0.15, 0.2) is 18.2 Å². The molecular formula is C80H83Cl2FN6O25S8. The zero-order chi connectivity index (χ0) is 88.8. The standard InChI is InChI=1S/C21H22FNO7S2.C21H22N2O7S2.C20H21NO6S2.C18H18Cl2N2O5S2/c1-15(17-7-8-18(19(22)13-17)16-5-3-2-4-6-16)21(25)29-14-20(24)28-9-11-31-32-12-10-30-23(26)27;1-15(17-8-5-9-18(14-17)19(24)16-6-3-2-4-7-16)20(25)22-21(26)29-10-12-31-32-13-11-30-23(27)28;1-15(20(23)26-10-12-28-29-13-11-27-21(24)25)17-8-5-9-18(14-17)19(22)16-6-3-2-4-7-16;19-14-5-3-6-15(20)18(14)21-16-7-2-1-4-13(16)12-17(23)26-8-10-28-29-11-9-27-22(24)25/h2-8,13,15H,9-12,14H2,1H3;2-9,14-15H,10-13H2,1H3,(H,22,25,26);2-9,14-15H,10-13H2,1H3;1-7,21H,8-12H2. The quantitative estimate of drug-likeness (QED) is 0.00680.